The van der Waals surface area contributed by atoms with E-state index in [0.717, 1.165) is 24.5 Å². The molecule has 1 aromatic heterocycles. The Hall–Kier alpha value is -2.82. The summed E-state index contributed by atoms with van der Waals surface area (Å²) in [5.74, 6) is 0.610. The van der Waals surface area contributed by atoms with Crippen molar-refractivity contribution in [1.82, 2.24) is 14.8 Å². The molecule has 0 saturated carbocycles. The third-order valence-corrected chi connectivity index (χ3v) is 4.58. The van der Waals surface area contributed by atoms with Crippen LogP contribution in [0.1, 0.15) is 24.0 Å². The third kappa shape index (κ3) is 3.50. The highest BCUT2D eigenvalue weighted by molar-refractivity contribution is 5.64. The molecule has 0 bridgehead atoms. The molecule has 3 aromatic rings. The average molecular weight is 333 g/mol. The van der Waals surface area contributed by atoms with Crippen LogP contribution < -0.4 is 10.2 Å². The topological polar surface area (TPSA) is 46.0 Å². The fourth-order valence-electron chi connectivity index (χ4n) is 3.26. The normalized spacial score (nSPS) is 14.1. The number of aromatic nitrogens is 3. The smallest absolute Gasteiger partial charge is 0.246 e. The van der Waals surface area contributed by atoms with E-state index in [9.17, 15) is 0 Å². The minimum absolute atomic E-state index is 0.610. The number of aryl methyl sites for hydroxylation is 2. The number of hydrogen-bond donors (Lipinski definition) is 1. The van der Waals surface area contributed by atoms with Gasteiger partial charge in [-0.1, -0.05) is 17.7 Å². The predicted molar refractivity (Wildman–Crippen MR) is 102 cm³/mol. The van der Waals surface area contributed by atoms with Gasteiger partial charge in [-0.3, -0.25) is 0 Å². The molecule has 5 nitrogen and oxygen atoms in total. The van der Waals surface area contributed by atoms with Gasteiger partial charge in [-0.2, -0.15) is 4.98 Å². The molecule has 1 saturated heterocycles. The van der Waals surface area contributed by atoms with E-state index in [2.05, 4.69) is 64.5 Å². The van der Waals surface area contributed by atoms with Crippen LogP contribution in [0.15, 0.2) is 48.8 Å². The second-order valence-electron chi connectivity index (χ2n) is 6.72. The number of anilines is 3. The fourth-order valence-corrected chi connectivity index (χ4v) is 3.26. The van der Waals surface area contributed by atoms with Gasteiger partial charge in [-0.25, -0.2) is 4.68 Å². The van der Waals surface area contributed by atoms with Crippen LogP contribution in [0.25, 0.3) is 5.69 Å². The Balaban J connectivity index is 1.55. The second kappa shape index (κ2) is 6.59. The first-order valence-corrected chi connectivity index (χ1v) is 8.80. The molecule has 1 aliphatic rings. The maximum absolute atomic E-state index is 4.54. The summed E-state index contributed by atoms with van der Waals surface area (Å²) in [5, 5.41) is 7.88. The predicted octanol–water partition coefficient (Wildman–Crippen LogP) is 4.23. The molecule has 2 aromatic carbocycles. The Morgan fingerprint density at radius 3 is 2.40 bits per heavy atom. The highest BCUT2D eigenvalue weighted by atomic mass is 15.4. The van der Waals surface area contributed by atoms with Crippen molar-refractivity contribution in [2.45, 2.75) is 26.7 Å². The Kier molecular flexibility index (Phi) is 4.14. The summed E-state index contributed by atoms with van der Waals surface area (Å²) in [7, 11) is 0. The van der Waals surface area contributed by atoms with Crippen molar-refractivity contribution in [3.8, 4) is 5.69 Å². The summed E-state index contributed by atoms with van der Waals surface area (Å²) < 4.78 is 1.79. The van der Waals surface area contributed by atoms with Crippen LogP contribution in [0, 0.1) is 13.8 Å². The van der Waals surface area contributed by atoms with Crippen molar-refractivity contribution in [2.24, 2.45) is 0 Å². The van der Waals surface area contributed by atoms with Crippen LogP contribution in [-0.4, -0.2) is 27.9 Å². The Bertz CT molecular complexity index is 860. The van der Waals surface area contributed by atoms with Crippen LogP contribution in [0.4, 0.5) is 17.3 Å². The van der Waals surface area contributed by atoms with E-state index in [1.807, 2.05) is 12.1 Å². The van der Waals surface area contributed by atoms with Gasteiger partial charge in [-0.05, 0) is 62.6 Å². The second-order valence-corrected chi connectivity index (χ2v) is 6.72. The molecule has 4 rings (SSSR count). The average Bonchev–Trinajstić information content (AvgIpc) is 3.27. The highest BCUT2D eigenvalue weighted by Gasteiger charge is 2.13. The Labute approximate surface area is 148 Å². The first kappa shape index (κ1) is 15.7. The van der Waals surface area contributed by atoms with Gasteiger partial charge in [0.2, 0.25) is 5.95 Å². The molecular weight excluding hydrogens is 310 g/mol. The van der Waals surface area contributed by atoms with Crippen LogP contribution in [0.5, 0.6) is 0 Å². The van der Waals surface area contributed by atoms with E-state index in [-0.39, 0.29) is 0 Å². The zero-order valence-electron chi connectivity index (χ0n) is 14.7. The van der Waals surface area contributed by atoms with Gasteiger partial charge in [-0.15, -0.1) is 5.10 Å². The van der Waals surface area contributed by atoms with Crippen LogP contribution in [0.3, 0.4) is 0 Å². The molecule has 2 heterocycles. The van der Waals surface area contributed by atoms with E-state index in [1.54, 1.807) is 11.0 Å². The van der Waals surface area contributed by atoms with Crippen molar-refractivity contribution < 1.29 is 0 Å². The van der Waals surface area contributed by atoms with Gasteiger partial charge in [0.15, 0.2) is 0 Å². The van der Waals surface area contributed by atoms with Gasteiger partial charge in [0.1, 0.15) is 6.33 Å². The minimum atomic E-state index is 0.610. The first-order valence-electron chi connectivity index (χ1n) is 8.80. The summed E-state index contributed by atoms with van der Waals surface area (Å²) in [6.07, 6.45) is 4.29. The van der Waals surface area contributed by atoms with Crippen molar-refractivity contribution >= 4 is 17.3 Å². The lowest BCUT2D eigenvalue weighted by Crippen LogP contribution is -2.17. The summed E-state index contributed by atoms with van der Waals surface area (Å²) in [6.45, 7) is 6.49. The molecule has 1 fully saturated rings. The Morgan fingerprint density at radius 2 is 1.64 bits per heavy atom. The minimum Gasteiger partial charge on any atom is -0.371 e. The maximum atomic E-state index is 4.54. The SMILES string of the molecule is Cc1ccc(-n2cnc(Nc3cc(C)cc(N4CCCC4)c3)n2)cc1. The molecule has 1 aliphatic heterocycles. The molecule has 25 heavy (non-hydrogen) atoms. The van der Waals surface area contributed by atoms with Crippen molar-refractivity contribution in [2.75, 3.05) is 23.3 Å². The van der Waals surface area contributed by atoms with E-state index < -0.39 is 0 Å². The molecule has 0 amide bonds. The van der Waals surface area contributed by atoms with Crippen LogP contribution in [-0.2, 0) is 0 Å². The summed E-state index contributed by atoms with van der Waals surface area (Å²) in [6, 6.07) is 14.8. The molecule has 0 atom stereocenters. The molecule has 0 radical (unpaired) electrons. The standard InChI is InChI=1S/C20H23N5/c1-15-5-7-18(8-6-15)25-14-21-20(23-25)22-17-11-16(2)12-19(13-17)24-9-3-4-10-24/h5-8,11-14H,3-4,9-10H2,1-2H3,(H,22,23). The quantitative estimate of drug-likeness (QED) is 0.776. The monoisotopic (exact) mass is 333 g/mol. The molecule has 0 aliphatic carbocycles. The maximum Gasteiger partial charge on any atom is 0.246 e. The number of rotatable bonds is 4. The van der Waals surface area contributed by atoms with Crippen molar-refractivity contribution in [1.29, 1.82) is 0 Å². The molecule has 0 spiro atoms. The number of hydrogen-bond acceptors (Lipinski definition) is 4. The zero-order valence-corrected chi connectivity index (χ0v) is 14.7. The van der Waals surface area contributed by atoms with Crippen molar-refractivity contribution in [3.05, 3.63) is 59.9 Å². The number of benzene rings is 2. The van der Waals surface area contributed by atoms with E-state index in [0.29, 0.717) is 5.95 Å². The van der Waals surface area contributed by atoms with Crippen molar-refractivity contribution in [3.63, 3.8) is 0 Å². The largest absolute Gasteiger partial charge is 0.371 e. The van der Waals surface area contributed by atoms with E-state index in [1.165, 1.54) is 29.7 Å². The summed E-state index contributed by atoms with van der Waals surface area (Å²) in [4.78, 5) is 6.84. The van der Waals surface area contributed by atoms with Crippen LogP contribution >= 0.6 is 0 Å². The first-order chi connectivity index (χ1) is 12.2. The zero-order chi connectivity index (χ0) is 17.2. The van der Waals surface area contributed by atoms with E-state index >= 15 is 0 Å². The van der Waals surface area contributed by atoms with Gasteiger partial charge >= 0.3 is 0 Å². The van der Waals surface area contributed by atoms with Gasteiger partial charge in [0.05, 0.1) is 5.69 Å². The van der Waals surface area contributed by atoms with Gasteiger partial charge < -0.3 is 10.2 Å². The highest BCUT2D eigenvalue weighted by Crippen LogP contribution is 2.26. The lowest BCUT2D eigenvalue weighted by atomic mass is 10.2. The van der Waals surface area contributed by atoms with E-state index in [4.69, 9.17) is 0 Å². The third-order valence-electron chi connectivity index (χ3n) is 4.58. The Morgan fingerprint density at radius 1 is 0.880 bits per heavy atom. The van der Waals surface area contributed by atoms with Crippen LogP contribution in [0.2, 0.25) is 0 Å². The van der Waals surface area contributed by atoms with Gasteiger partial charge in [0, 0.05) is 24.5 Å². The summed E-state index contributed by atoms with van der Waals surface area (Å²) in [5.41, 5.74) is 5.79. The number of nitrogens with one attached hydrogen (secondary N) is 1. The number of nitrogens with zero attached hydrogens (tertiary/aromatic N) is 4. The lowest BCUT2D eigenvalue weighted by molar-refractivity contribution is 0.881. The fraction of sp³-hybridized carbons (Fsp3) is 0.300. The molecule has 1 N–H and O–H groups in total. The van der Waals surface area contributed by atoms with Gasteiger partial charge in [0.25, 0.3) is 0 Å². The summed E-state index contributed by atoms with van der Waals surface area (Å²) >= 11 is 0. The molecule has 5 heteroatoms. The molecule has 0 unspecified atom stereocenters. The molecule has 128 valence electrons. The lowest BCUT2D eigenvalue weighted by Gasteiger charge is -2.19. The molecular formula is C20H23N5.